The maximum absolute atomic E-state index is 12.5. The Kier molecular flexibility index (Phi) is 4.31. The van der Waals surface area contributed by atoms with Crippen LogP contribution in [-0.4, -0.2) is 39.5 Å². The van der Waals surface area contributed by atoms with Crippen LogP contribution in [0.15, 0.2) is 12.1 Å². The first-order valence-electron chi connectivity index (χ1n) is 5.95. The predicted molar refractivity (Wildman–Crippen MR) is 67.8 cm³/mol. The van der Waals surface area contributed by atoms with Crippen molar-refractivity contribution in [3.8, 4) is 0 Å². The highest BCUT2D eigenvalue weighted by molar-refractivity contribution is 5.98. The van der Waals surface area contributed by atoms with E-state index < -0.39 is 29.3 Å². The summed E-state index contributed by atoms with van der Waals surface area (Å²) < 4.78 is 37.6. The minimum absolute atomic E-state index is 0.0696. The van der Waals surface area contributed by atoms with Gasteiger partial charge in [-0.3, -0.25) is 4.79 Å². The van der Waals surface area contributed by atoms with Crippen molar-refractivity contribution in [1.29, 1.82) is 0 Å². The zero-order valence-corrected chi connectivity index (χ0v) is 11.9. The minimum Gasteiger partial charge on any atom is -0.480 e. The second-order valence-corrected chi connectivity index (χ2v) is 5.06. The lowest BCUT2D eigenvalue weighted by Crippen LogP contribution is -2.51. The number of halogens is 3. The van der Waals surface area contributed by atoms with Crippen LogP contribution < -0.4 is 0 Å². The summed E-state index contributed by atoms with van der Waals surface area (Å²) in [6.45, 7) is 3.91. The monoisotopic (exact) mass is 304 g/mol. The van der Waals surface area contributed by atoms with Gasteiger partial charge in [0, 0.05) is 7.05 Å². The molecular weight excluding hydrogens is 289 g/mol. The molecule has 0 aliphatic carbocycles. The van der Waals surface area contributed by atoms with Crippen molar-refractivity contribution in [2.45, 2.75) is 32.5 Å². The van der Waals surface area contributed by atoms with E-state index in [-0.39, 0.29) is 11.3 Å². The molecule has 1 N–H and O–H groups in total. The highest BCUT2D eigenvalue weighted by atomic mass is 19.4. The lowest BCUT2D eigenvalue weighted by molar-refractivity contribution is -0.147. The molecule has 0 aliphatic rings. The van der Waals surface area contributed by atoms with Gasteiger partial charge in [-0.25, -0.2) is 9.78 Å². The van der Waals surface area contributed by atoms with Gasteiger partial charge in [0.25, 0.3) is 5.91 Å². The lowest BCUT2D eigenvalue weighted by atomic mass is 10.0. The maximum Gasteiger partial charge on any atom is 0.433 e. The Balaban J connectivity index is 3.18. The molecule has 1 aromatic rings. The Hall–Kier alpha value is -2.12. The summed E-state index contributed by atoms with van der Waals surface area (Å²) in [6.07, 6.45) is -4.60. The average molecular weight is 304 g/mol. The topological polar surface area (TPSA) is 70.5 Å². The molecule has 0 saturated heterocycles. The van der Waals surface area contributed by atoms with Gasteiger partial charge in [-0.05, 0) is 32.9 Å². The number of aromatic nitrogens is 1. The van der Waals surface area contributed by atoms with Crippen molar-refractivity contribution >= 4 is 11.9 Å². The van der Waals surface area contributed by atoms with E-state index >= 15 is 0 Å². The van der Waals surface area contributed by atoms with Gasteiger partial charge >= 0.3 is 12.1 Å². The van der Waals surface area contributed by atoms with E-state index in [4.69, 9.17) is 5.11 Å². The standard InChI is InChI=1S/C13H15F3N2O3/c1-7-8(5-6-9(17-7)13(14,15)16)10(19)18(4)12(2,3)11(20)21/h5-6H,1-4H3,(H,20,21). The highest BCUT2D eigenvalue weighted by Gasteiger charge is 2.37. The normalized spacial score (nSPS) is 12.1. The lowest BCUT2D eigenvalue weighted by Gasteiger charge is -2.31. The Morgan fingerprint density at radius 1 is 1.24 bits per heavy atom. The van der Waals surface area contributed by atoms with Crippen LogP contribution in [0, 0.1) is 6.92 Å². The van der Waals surface area contributed by atoms with Crippen LogP contribution in [0.4, 0.5) is 13.2 Å². The average Bonchev–Trinajstić information content (AvgIpc) is 2.35. The number of rotatable bonds is 3. The van der Waals surface area contributed by atoms with Gasteiger partial charge < -0.3 is 10.0 Å². The number of likely N-dealkylation sites (N-methyl/N-ethyl adjacent to an activating group) is 1. The summed E-state index contributed by atoms with van der Waals surface area (Å²) in [5, 5.41) is 9.07. The van der Waals surface area contributed by atoms with Crippen molar-refractivity contribution in [2.75, 3.05) is 7.05 Å². The molecule has 8 heteroatoms. The molecular formula is C13H15F3N2O3. The molecule has 0 aromatic carbocycles. The number of carbonyl (C=O) groups excluding carboxylic acids is 1. The summed E-state index contributed by atoms with van der Waals surface area (Å²) in [5.41, 5.74) is -2.77. The Morgan fingerprint density at radius 3 is 2.14 bits per heavy atom. The Bertz CT molecular complexity index is 583. The van der Waals surface area contributed by atoms with E-state index in [1.165, 1.54) is 27.8 Å². The minimum atomic E-state index is -4.60. The number of aryl methyl sites for hydroxylation is 1. The van der Waals surface area contributed by atoms with Crippen LogP contribution in [-0.2, 0) is 11.0 Å². The third-order valence-electron chi connectivity index (χ3n) is 3.27. The molecule has 0 saturated carbocycles. The number of alkyl halides is 3. The van der Waals surface area contributed by atoms with Gasteiger partial charge in [0.1, 0.15) is 11.2 Å². The predicted octanol–water partition coefficient (Wildman–Crippen LogP) is 2.34. The van der Waals surface area contributed by atoms with Crippen molar-refractivity contribution in [1.82, 2.24) is 9.88 Å². The van der Waals surface area contributed by atoms with Gasteiger partial charge in [-0.2, -0.15) is 13.2 Å². The van der Waals surface area contributed by atoms with Crippen LogP contribution >= 0.6 is 0 Å². The molecule has 21 heavy (non-hydrogen) atoms. The third-order valence-corrected chi connectivity index (χ3v) is 3.27. The van der Waals surface area contributed by atoms with Gasteiger partial charge in [0.15, 0.2) is 0 Å². The fourth-order valence-electron chi connectivity index (χ4n) is 1.52. The zero-order valence-electron chi connectivity index (χ0n) is 11.9. The van der Waals surface area contributed by atoms with Gasteiger partial charge in [-0.1, -0.05) is 0 Å². The number of aliphatic carboxylic acids is 1. The number of carbonyl (C=O) groups is 2. The number of pyridine rings is 1. The number of hydrogen-bond acceptors (Lipinski definition) is 3. The molecule has 0 spiro atoms. The summed E-state index contributed by atoms with van der Waals surface area (Å²) >= 11 is 0. The quantitative estimate of drug-likeness (QED) is 0.930. The van der Waals surface area contributed by atoms with Crippen LogP contribution in [0.3, 0.4) is 0 Å². The molecule has 0 radical (unpaired) electrons. The molecule has 5 nitrogen and oxygen atoms in total. The van der Waals surface area contributed by atoms with Crippen LogP contribution in [0.5, 0.6) is 0 Å². The van der Waals surface area contributed by atoms with Crippen LogP contribution in [0.25, 0.3) is 0 Å². The molecule has 0 unspecified atom stereocenters. The summed E-state index contributed by atoms with van der Waals surface area (Å²) in [4.78, 5) is 27.6. The van der Waals surface area contributed by atoms with Crippen molar-refractivity contribution < 1.29 is 27.9 Å². The first-order valence-corrected chi connectivity index (χ1v) is 5.95. The Labute approximate surface area is 119 Å². The number of hydrogen-bond donors (Lipinski definition) is 1. The van der Waals surface area contributed by atoms with Gasteiger partial charge in [-0.15, -0.1) is 0 Å². The van der Waals surface area contributed by atoms with Crippen molar-refractivity contribution in [3.63, 3.8) is 0 Å². The first-order chi connectivity index (χ1) is 9.39. The van der Waals surface area contributed by atoms with E-state index in [0.29, 0.717) is 6.07 Å². The van der Waals surface area contributed by atoms with E-state index in [1.807, 2.05) is 0 Å². The van der Waals surface area contributed by atoms with Crippen molar-refractivity contribution in [2.24, 2.45) is 0 Å². The van der Waals surface area contributed by atoms with Crippen LogP contribution in [0.1, 0.15) is 35.6 Å². The molecule has 0 fully saturated rings. The first kappa shape index (κ1) is 16.9. The molecule has 1 amide bonds. The number of carboxylic acids is 1. The largest absolute Gasteiger partial charge is 0.480 e. The summed E-state index contributed by atoms with van der Waals surface area (Å²) in [5.74, 6) is -1.93. The van der Waals surface area contributed by atoms with Gasteiger partial charge in [0.05, 0.1) is 11.3 Å². The summed E-state index contributed by atoms with van der Waals surface area (Å²) in [6, 6.07) is 1.70. The maximum atomic E-state index is 12.5. The van der Waals surface area contributed by atoms with Gasteiger partial charge in [0.2, 0.25) is 0 Å². The van der Waals surface area contributed by atoms with Crippen molar-refractivity contribution in [3.05, 3.63) is 29.1 Å². The number of carboxylic acid groups (broad SMARTS) is 1. The molecule has 0 atom stereocenters. The molecule has 1 aromatic heterocycles. The van der Waals surface area contributed by atoms with E-state index in [9.17, 15) is 22.8 Å². The molecule has 0 bridgehead atoms. The second kappa shape index (κ2) is 5.34. The molecule has 1 heterocycles. The third kappa shape index (κ3) is 3.32. The SMILES string of the molecule is Cc1nc(C(F)(F)F)ccc1C(=O)N(C)C(C)(C)C(=O)O. The van der Waals surface area contributed by atoms with E-state index in [1.54, 1.807) is 0 Å². The number of amides is 1. The van der Waals surface area contributed by atoms with Crippen LogP contribution in [0.2, 0.25) is 0 Å². The highest BCUT2D eigenvalue weighted by Crippen LogP contribution is 2.28. The summed E-state index contributed by atoms with van der Waals surface area (Å²) in [7, 11) is 1.27. The molecule has 116 valence electrons. The van der Waals surface area contributed by atoms with E-state index in [0.717, 1.165) is 11.0 Å². The molecule has 1 rings (SSSR count). The van der Waals surface area contributed by atoms with E-state index in [2.05, 4.69) is 4.98 Å². The zero-order chi connectivity index (χ0) is 16.6. The number of nitrogens with zero attached hydrogens (tertiary/aromatic N) is 2. The molecule has 0 aliphatic heterocycles. The second-order valence-electron chi connectivity index (χ2n) is 5.06. The fourth-order valence-corrected chi connectivity index (χ4v) is 1.52. The Morgan fingerprint density at radius 2 is 1.76 bits per heavy atom. The fraction of sp³-hybridized carbons (Fsp3) is 0.462. The smallest absolute Gasteiger partial charge is 0.433 e.